The quantitative estimate of drug-likeness (QED) is 0.385. The van der Waals surface area contributed by atoms with Gasteiger partial charge in [0.1, 0.15) is 11.5 Å². The summed E-state index contributed by atoms with van der Waals surface area (Å²) in [5.74, 6) is 1.30. The van der Waals surface area contributed by atoms with E-state index < -0.39 is 0 Å². The van der Waals surface area contributed by atoms with Crippen molar-refractivity contribution in [3.05, 3.63) is 60.2 Å². The van der Waals surface area contributed by atoms with Gasteiger partial charge in [-0.3, -0.25) is 4.79 Å². The summed E-state index contributed by atoms with van der Waals surface area (Å²) >= 11 is 0. The maximum atomic E-state index is 11.6. The first-order valence-electron chi connectivity index (χ1n) is 5.81. The molecule has 0 fully saturated rings. The summed E-state index contributed by atoms with van der Waals surface area (Å²) in [6.07, 6.45) is 1.24. The summed E-state index contributed by atoms with van der Waals surface area (Å²) < 4.78 is 5.62. The normalized spacial score (nSPS) is 10.5. The van der Waals surface area contributed by atoms with Gasteiger partial charge in [0.15, 0.2) is 5.78 Å². The Morgan fingerprint density at radius 2 is 1.68 bits per heavy atom. The zero-order valence-corrected chi connectivity index (χ0v) is 10.2. The lowest BCUT2D eigenvalue weighted by atomic mass is 10.1. The van der Waals surface area contributed by atoms with Crippen molar-refractivity contribution in [2.24, 2.45) is 5.16 Å². The van der Waals surface area contributed by atoms with Gasteiger partial charge < -0.3 is 9.94 Å². The number of Topliss-reactive ketones (excluding diaryl/α,β-unsaturated/α-hetero) is 1. The molecule has 0 radical (unpaired) electrons. The smallest absolute Gasteiger partial charge is 0.168 e. The third-order valence-corrected chi connectivity index (χ3v) is 2.51. The topological polar surface area (TPSA) is 58.9 Å². The second-order valence-electron chi connectivity index (χ2n) is 3.86. The summed E-state index contributed by atoms with van der Waals surface area (Å²) in [7, 11) is 0. The highest BCUT2D eigenvalue weighted by molar-refractivity contribution is 6.03. The number of carbonyl (C=O) groups is 1. The van der Waals surface area contributed by atoms with Gasteiger partial charge in [-0.25, -0.2) is 0 Å². The molecule has 2 rings (SSSR count). The van der Waals surface area contributed by atoms with Gasteiger partial charge in [-0.05, 0) is 36.4 Å². The predicted molar refractivity (Wildman–Crippen MR) is 72.2 cm³/mol. The van der Waals surface area contributed by atoms with Crippen LogP contribution < -0.4 is 4.74 Å². The van der Waals surface area contributed by atoms with Crippen LogP contribution in [0.25, 0.3) is 0 Å². The Morgan fingerprint density at radius 1 is 1.05 bits per heavy atom. The van der Waals surface area contributed by atoms with E-state index in [-0.39, 0.29) is 12.2 Å². The van der Waals surface area contributed by atoms with Crippen molar-refractivity contribution in [3.63, 3.8) is 0 Å². The highest BCUT2D eigenvalue weighted by Crippen LogP contribution is 2.21. The van der Waals surface area contributed by atoms with Crippen LogP contribution in [0.5, 0.6) is 11.5 Å². The molecule has 0 saturated heterocycles. The zero-order chi connectivity index (χ0) is 13.5. The van der Waals surface area contributed by atoms with Crippen molar-refractivity contribution in [2.45, 2.75) is 6.42 Å². The minimum Gasteiger partial charge on any atom is -0.457 e. The number of benzene rings is 2. The van der Waals surface area contributed by atoms with Crippen molar-refractivity contribution < 1.29 is 14.7 Å². The molecule has 0 unspecified atom stereocenters. The minimum absolute atomic E-state index is 0.0788. The number of rotatable bonds is 5. The van der Waals surface area contributed by atoms with Gasteiger partial charge in [-0.15, -0.1) is 5.16 Å². The molecule has 4 nitrogen and oxygen atoms in total. The van der Waals surface area contributed by atoms with E-state index in [0.29, 0.717) is 11.3 Å². The number of hydrogen-bond donors (Lipinski definition) is 1. The monoisotopic (exact) mass is 255 g/mol. The van der Waals surface area contributed by atoms with Crippen LogP contribution in [0, 0.1) is 0 Å². The van der Waals surface area contributed by atoms with E-state index >= 15 is 0 Å². The van der Waals surface area contributed by atoms with Crippen LogP contribution in [-0.2, 0) is 0 Å². The molecule has 2 aromatic rings. The number of ether oxygens (including phenoxy) is 1. The molecule has 0 spiro atoms. The maximum Gasteiger partial charge on any atom is 0.168 e. The average Bonchev–Trinajstić information content (AvgIpc) is 2.46. The van der Waals surface area contributed by atoms with Gasteiger partial charge in [0.05, 0.1) is 6.21 Å². The van der Waals surface area contributed by atoms with Gasteiger partial charge in [0.2, 0.25) is 0 Å². The largest absolute Gasteiger partial charge is 0.457 e. The van der Waals surface area contributed by atoms with Crippen LogP contribution in [0.2, 0.25) is 0 Å². The number of ketones is 1. The zero-order valence-electron chi connectivity index (χ0n) is 10.2. The number of oxime groups is 1. The summed E-state index contributed by atoms with van der Waals surface area (Å²) in [6, 6.07) is 16.2. The van der Waals surface area contributed by atoms with E-state index in [9.17, 15) is 4.79 Å². The van der Waals surface area contributed by atoms with Gasteiger partial charge in [-0.1, -0.05) is 18.2 Å². The van der Waals surface area contributed by atoms with E-state index in [1.165, 1.54) is 0 Å². The molecule has 0 amide bonds. The van der Waals surface area contributed by atoms with Crippen LogP contribution in [0.15, 0.2) is 59.8 Å². The molecule has 96 valence electrons. The highest BCUT2D eigenvalue weighted by atomic mass is 16.5. The summed E-state index contributed by atoms with van der Waals surface area (Å²) in [4.78, 5) is 11.6. The third-order valence-electron chi connectivity index (χ3n) is 2.51. The average molecular weight is 255 g/mol. The van der Waals surface area contributed by atoms with Gasteiger partial charge in [0.25, 0.3) is 0 Å². The second-order valence-corrected chi connectivity index (χ2v) is 3.86. The van der Waals surface area contributed by atoms with E-state index in [0.717, 1.165) is 12.0 Å². The third kappa shape index (κ3) is 3.67. The minimum atomic E-state index is -0.107. The fourth-order valence-corrected chi connectivity index (χ4v) is 1.58. The highest BCUT2D eigenvalue weighted by Gasteiger charge is 2.04. The van der Waals surface area contributed by atoms with E-state index in [2.05, 4.69) is 5.16 Å². The molecule has 0 aliphatic heterocycles. The molecule has 0 aromatic heterocycles. The predicted octanol–water partition coefficient (Wildman–Crippen LogP) is 3.51. The number of nitrogens with zero attached hydrogens (tertiary/aromatic N) is 1. The lowest BCUT2D eigenvalue weighted by molar-refractivity contribution is 0.100. The Labute approximate surface area is 111 Å². The van der Waals surface area contributed by atoms with E-state index in [4.69, 9.17) is 9.94 Å². The fourth-order valence-electron chi connectivity index (χ4n) is 1.58. The molecule has 0 atom stereocenters. The Kier molecular flexibility index (Phi) is 4.29. The molecular formula is C15H13NO3. The van der Waals surface area contributed by atoms with Crippen LogP contribution in [0.4, 0.5) is 0 Å². The molecule has 0 bridgehead atoms. The number of para-hydroxylation sites is 1. The molecule has 0 aliphatic carbocycles. The molecule has 0 aliphatic rings. The molecule has 19 heavy (non-hydrogen) atoms. The molecule has 2 aromatic carbocycles. The van der Waals surface area contributed by atoms with Crippen molar-refractivity contribution in [2.75, 3.05) is 0 Å². The Bertz CT molecular complexity index is 562. The second kappa shape index (κ2) is 6.35. The lowest BCUT2D eigenvalue weighted by Gasteiger charge is -2.05. The van der Waals surface area contributed by atoms with E-state index in [1.54, 1.807) is 24.3 Å². The van der Waals surface area contributed by atoms with Crippen molar-refractivity contribution in [3.8, 4) is 11.5 Å². The summed E-state index contributed by atoms with van der Waals surface area (Å²) in [5.41, 5.74) is 0.556. The van der Waals surface area contributed by atoms with Crippen LogP contribution in [0.1, 0.15) is 16.8 Å². The molecular weight excluding hydrogens is 242 g/mol. The van der Waals surface area contributed by atoms with Crippen LogP contribution in [-0.4, -0.2) is 17.2 Å². The van der Waals surface area contributed by atoms with Crippen LogP contribution in [0.3, 0.4) is 0 Å². The van der Waals surface area contributed by atoms with Gasteiger partial charge >= 0.3 is 0 Å². The number of carbonyl (C=O) groups excluding carboxylic acids is 1. The molecule has 1 N–H and O–H groups in total. The maximum absolute atomic E-state index is 11.6. The lowest BCUT2D eigenvalue weighted by Crippen LogP contribution is -1.99. The fraction of sp³-hybridized carbons (Fsp3) is 0.0667. The van der Waals surface area contributed by atoms with Crippen molar-refractivity contribution in [1.29, 1.82) is 0 Å². The van der Waals surface area contributed by atoms with Crippen molar-refractivity contribution >= 4 is 12.0 Å². The molecule has 0 heterocycles. The van der Waals surface area contributed by atoms with Gasteiger partial charge in [-0.2, -0.15) is 0 Å². The Balaban J connectivity index is 2.04. The molecule has 0 saturated carbocycles. The Morgan fingerprint density at radius 3 is 2.32 bits per heavy atom. The first-order chi connectivity index (χ1) is 9.29. The Hall–Kier alpha value is -2.62. The summed E-state index contributed by atoms with van der Waals surface area (Å²) in [5, 5.41) is 11.1. The first kappa shape index (κ1) is 12.8. The SMILES string of the molecule is O=C(CC=NO)c1ccc(Oc2ccccc2)cc1. The first-order valence-corrected chi connectivity index (χ1v) is 5.81. The summed E-state index contributed by atoms with van der Waals surface area (Å²) in [6.45, 7) is 0. The standard InChI is InChI=1S/C15H13NO3/c17-15(10-11-16-18)12-6-8-14(9-7-12)19-13-4-2-1-3-5-13/h1-9,11,18H,10H2. The van der Waals surface area contributed by atoms with Gasteiger partial charge in [0, 0.05) is 12.0 Å². The molecule has 4 heteroatoms. The van der Waals surface area contributed by atoms with Crippen LogP contribution >= 0.6 is 0 Å². The van der Waals surface area contributed by atoms with E-state index in [1.807, 2.05) is 30.3 Å². The number of hydrogen-bond acceptors (Lipinski definition) is 4. The van der Waals surface area contributed by atoms with Crippen molar-refractivity contribution in [1.82, 2.24) is 0 Å².